The molecule has 0 aromatic carbocycles. The number of carboxylic acids is 1. The van der Waals surface area contributed by atoms with E-state index in [0.717, 1.165) is 6.42 Å². The Balaban J connectivity index is 1.99. The number of fused-ring (bicyclic) bond motifs is 2. The van der Waals surface area contributed by atoms with E-state index in [1.165, 1.54) is 0 Å². The van der Waals surface area contributed by atoms with Crippen molar-refractivity contribution in [2.24, 2.45) is 29.1 Å². The number of nitrogens with one attached hydrogen (secondary N) is 1. The largest absolute Gasteiger partial charge is 0.481 e. The fourth-order valence-corrected chi connectivity index (χ4v) is 3.35. The van der Waals surface area contributed by atoms with Gasteiger partial charge < -0.3 is 15.5 Å². The number of hydrogen-bond donors (Lipinski definition) is 3. The number of rotatable bonds is 6. The van der Waals surface area contributed by atoms with Crippen LogP contribution in [-0.4, -0.2) is 35.2 Å². The third-order valence-electron chi connectivity index (χ3n) is 4.58. The number of aliphatic hydroxyl groups is 1. The molecule has 0 radical (unpaired) electrons. The second-order valence-electron chi connectivity index (χ2n) is 6.69. The molecular formula is C15H23NO4. The van der Waals surface area contributed by atoms with Crippen molar-refractivity contribution < 1.29 is 19.8 Å². The fraction of sp³-hybridized carbons (Fsp3) is 0.733. The zero-order valence-electron chi connectivity index (χ0n) is 12.0. The topological polar surface area (TPSA) is 86.6 Å². The molecule has 1 fully saturated rings. The van der Waals surface area contributed by atoms with E-state index in [4.69, 9.17) is 5.11 Å². The van der Waals surface area contributed by atoms with Gasteiger partial charge in [-0.1, -0.05) is 26.0 Å². The predicted molar refractivity (Wildman–Crippen MR) is 73.8 cm³/mol. The summed E-state index contributed by atoms with van der Waals surface area (Å²) in [6.07, 6.45) is 5.29. The van der Waals surface area contributed by atoms with Crippen LogP contribution in [0.4, 0.5) is 0 Å². The molecule has 1 amide bonds. The summed E-state index contributed by atoms with van der Waals surface area (Å²) in [5.74, 6) is -2.03. The molecule has 2 unspecified atom stereocenters. The minimum Gasteiger partial charge on any atom is -0.481 e. The lowest BCUT2D eigenvalue weighted by Crippen LogP contribution is -2.43. The Hall–Kier alpha value is -1.36. The molecule has 20 heavy (non-hydrogen) atoms. The summed E-state index contributed by atoms with van der Waals surface area (Å²) in [4.78, 5) is 23.7. The Labute approximate surface area is 119 Å². The molecular weight excluding hydrogens is 258 g/mol. The summed E-state index contributed by atoms with van der Waals surface area (Å²) >= 11 is 0. The summed E-state index contributed by atoms with van der Waals surface area (Å²) in [5.41, 5.74) is -0.184. The van der Waals surface area contributed by atoms with E-state index in [2.05, 4.69) is 5.32 Å². The Bertz CT molecular complexity index is 430. The zero-order valence-corrected chi connectivity index (χ0v) is 12.0. The first-order valence-electron chi connectivity index (χ1n) is 7.15. The van der Waals surface area contributed by atoms with Gasteiger partial charge in [-0.15, -0.1) is 0 Å². The van der Waals surface area contributed by atoms with E-state index in [-0.39, 0.29) is 29.8 Å². The Morgan fingerprint density at radius 1 is 1.25 bits per heavy atom. The van der Waals surface area contributed by atoms with Crippen molar-refractivity contribution in [3.63, 3.8) is 0 Å². The summed E-state index contributed by atoms with van der Waals surface area (Å²) in [5, 5.41) is 21.2. The molecule has 0 heterocycles. The van der Waals surface area contributed by atoms with Gasteiger partial charge in [0.25, 0.3) is 0 Å². The van der Waals surface area contributed by atoms with Gasteiger partial charge in [-0.05, 0) is 30.1 Å². The van der Waals surface area contributed by atoms with Gasteiger partial charge >= 0.3 is 5.97 Å². The molecule has 0 aromatic heterocycles. The van der Waals surface area contributed by atoms with Crippen LogP contribution in [0.5, 0.6) is 0 Å². The second kappa shape index (κ2) is 5.56. The molecule has 0 aliphatic heterocycles. The van der Waals surface area contributed by atoms with E-state index >= 15 is 0 Å². The van der Waals surface area contributed by atoms with Crippen molar-refractivity contribution in [1.29, 1.82) is 0 Å². The van der Waals surface area contributed by atoms with Crippen LogP contribution >= 0.6 is 0 Å². The molecule has 112 valence electrons. The highest BCUT2D eigenvalue weighted by Gasteiger charge is 2.51. The van der Waals surface area contributed by atoms with Gasteiger partial charge in [-0.2, -0.15) is 0 Å². The fourth-order valence-electron chi connectivity index (χ4n) is 3.35. The maximum absolute atomic E-state index is 12.3. The summed E-state index contributed by atoms with van der Waals surface area (Å²) in [7, 11) is 0. The first kappa shape index (κ1) is 15.0. The van der Waals surface area contributed by atoms with Crippen LogP contribution in [0.15, 0.2) is 12.2 Å². The third kappa shape index (κ3) is 2.87. The van der Waals surface area contributed by atoms with Crippen molar-refractivity contribution in [2.75, 3.05) is 13.2 Å². The van der Waals surface area contributed by atoms with Crippen LogP contribution in [0.3, 0.4) is 0 Å². The smallest absolute Gasteiger partial charge is 0.307 e. The second-order valence-corrected chi connectivity index (χ2v) is 6.69. The van der Waals surface area contributed by atoms with Crippen molar-refractivity contribution in [1.82, 2.24) is 5.32 Å². The van der Waals surface area contributed by atoms with Gasteiger partial charge in [0, 0.05) is 13.2 Å². The van der Waals surface area contributed by atoms with Gasteiger partial charge in [0.2, 0.25) is 5.91 Å². The first-order valence-corrected chi connectivity index (χ1v) is 7.15. The van der Waals surface area contributed by atoms with Crippen LogP contribution in [-0.2, 0) is 9.59 Å². The van der Waals surface area contributed by atoms with Crippen molar-refractivity contribution in [3.8, 4) is 0 Å². The lowest BCUT2D eigenvalue weighted by atomic mass is 9.82. The van der Waals surface area contributed by atoms with Crippen LogP contribution in [0.2, 0.25) is 0 Å². The third-order valence-corrected chi connectivity index (χ3v) is 4.58. The number of amides is 1. The highest BCUT2D eigenvalue weighted by atomic mass is 16.4. The predicted octanol–water partition coefficient (Wildman–Crippen LogP) is 1.03. The molecule has 3 N–H and O–H groups in total. The zero-order chi connectivity index (χ0) is 14.9. The van der Waals surface area contributed by atoms with Gasteiger partial charge in [0.15, 0.2) is 0 Å². The lowest BCUT2D eigenvalue weighted by Gasteiger charge is -2.28. The van der Waals surface area contributed by atoms with Crippen LogP contribution in [0.25, 0.3) is 0 Å². The van der Waals surface area contributed by atoms with Gasteiger partial charge in [-0.3, -0.25) is 9.59 Å². The van der Waals surface area contributed by atoms with Crippen molar-refractivity contribution in [3.05, 3.63) is 12.2 Å². The SMILES string of the molecule is CC(C)(CCO)CNC(=O)[C@H]1C2C=CC(C2)[C@H]1C(=O)O. The molecule has 0 saturated heterocycles. The quantitative estimate of drug-likeness (QED) is 0.635. The Kier molecular flexibility index (Phi) is 4.18. The molecule has 2 bridgehead atoms. The summed E-state index contributed by atoms with van der Waals surface area (Å²) < 4.78 is 0. The number of aliphatic carboxylic acids is 1. The summed E-state index contributed by atoms with van der Waals surface area (Å²) in [6, 6.07) is 0. The average Bonchev–Trinajstić information content (AvgIpc) is 2.95. The van der Waals surface area contributed by atoms with E-state index in [1.807, 2.05) is 26.0 Å². The molecule has 4 atom stereocenters. The average molecular weight is 281 g/mol. The highest BCUT2D eigenvalue weighted by Crippen LogP contribution is 2.48. The van der Waals surface area contributed by atoms with Gasteiger partial charge in [0.05, 0.1) is 11.8 Å². The highest BCUT2D eigenvalue weighted by molar-refractivity contribution is 5.86. The lowest BCUT2D eigenvalue weighted by molar-refractivity contribution is -0.147. The van der Waals surface area contributed by atoms with E-state index in [1.54, 1.807) is 0 Å². The maximum Gasteiger partial charge on any atom is 0.307 e. The van der Waals surface area contributed by atoms with E-state index < -0.39 is 17.8 Å². The number of carbonyl (C=O) groups is 2. The van der Waals surface area contributed by atoms with E-state index in [0.29, 0.717) is 13.0 Å². The number of hydrogen-bond acceptors (Lipinski definition) is 3. The number of aliphatic hydroxyl groups excluding tert-OH is 1. The minimum absolute atomic E-state index is 0.00120. The molecule has 2 aliphatic carbocycles. The first-order chi connectivity index (χ1) is 9.35. The number of allylic oxidation sites excluding steroid dienone is 2. The van der Waals surface area contributed by atoms with Crippen LogP contribution in [0, 0.1) is 29.1 Å². The van der Waals surface area contributed by atoms with Crippen molar-refractivity contribution >= 4 is 11.9 Å². The molecule has 5 nitrogen and oxygen atoms in total. The Morgan fingerprint density at radius 3 is 2.40 bits per heavy atom. The number of carboxylic acid groups (broad SMARTS) is 1. The molecule has 5 heteroatoms. The van der Waals surface area contributed by atoms with E-state index in [9.17, 15) is 14.7 Å². The maximum atomic E-state index is 12.3. The standard InChI is InChI=1S/C15H23NO4/c1-15(2,5-6-17)8-16-13(18)11-9-3-4-10(7-9)12(11)14(19)20/h3-4,9-12,17H,5-8H2,1-2H3,(H,16,18)(H,19,20)/t9?,10?,11-,12+/m0/s1. The molecule has 1 saturated carbocycles. The molecule has 2 rings (SSSR count). The minimum atomic E-state index is -0.878. The Morgan fingerprint density at radius 2 is 1.85 bits per heavy atom. The van der Waals surface area contributed by atoms with Gasteiger partial charge in [0.1, 0.15) is 0 Å². The molecule has 2 aliphatic rings. The molecule has 0 aromatic rings. The van der Waals surface area contributed by atoms with Gasteiger partial charge in [-0.25, -0.2) is 0 Å². The molecule has 0 spiro atoms. The number of carbonyl (C=O) groups excluding carboxylic acids is 1. The van der Waals surface area contributed by atoms with Crippen LogP contribution in [0.1, 0.15) is 26.7 Å². The van der Waals surface area contributed by atoms with Crippen molar-refractivity contribution in [2.45, 2.75) is 26.7 Å². The monoisotopic (exact) mass is 281 g/mol. The normalized spacial score (nSPS) is 31.6. The summed E-state index contributed by atoms with van der Waals surface area (Å²) in [6.45, 7) is 4.48. The van der Waals surface area contributed by atoms with Crippen LogP contribution < -0.4 is 5.32 Å².